The fourth-order valence-electron chi connectivity index (χ4n) is 0.611. The lowest BCUT2D eigenvalue weighted by molar-refractivity contribution is 0.162. The van der Waals surface area contributed by atoms with Crippen LogP contribution in [0.2, 0.25) is 0 Å². The summed E-state index contributed by atoms with van der Waals surface area (Å²) in [7, 11) is 2.22. The van der Waals surface area contributed by atoms with Crippen LogP contribution < -0.4 is 4.74 Å². The third kappa shape index (κ3) is 5.43. The molecule has 0 N–H and O–H groups in total. The van der Waals surface area contributed by atoms with Crippen LogP contribution in [0.15, 0.2) is 24.3 Å². The van der Waals surface area contributed by atoms with E-state index in [1.807, 2.05) is 45.0 Å². The first-order chi connectivity index (χ1) is 6.03. The molecule has 14 heavy (non-hydrogen) atoms. The smallest absolute Gasteiger partial charge is 0.170 e. The van der Waals surface area contributed by atoms with Gasteiger partial charge in [-0.1, -0.05) is 12.1 Å². The van der Waals surface area contributed by atoms with Crippen LogP contribution in [0, 0.1) is 0 Å². The molecule has 4 heteroatoms. The number of fused-ring (bicyclic) bond motifs is 1. The Labute approximate surface area is 93.7 Å². The summed E-state index contributed by atoms with van der Waals surface area (Å²) in [6, 6.07) is 7.84. The Morgan fingerprint density at radius 1 is 1.14 bits per heavy atom. The molecular formula is C10H16ClO2P. The average Bonchev–Trinajstić information content (AvgIpc) is 2.82. The van der Waals surface area contributed by atoms with E-state index in [0.29, 0.717) is 0 Å². The van der Waals surface area contributed by atoms with Gasteiger partial charge in [0.2, 0.25) is 0 Å². The van der Waals surface area contributed by atoms with E-state index in [-0.39, 0.29) is 18.0 Å². The van der Waals surface area contributed by atoms with Crippen LogP contribution in [0.1, 0.15) is 20.8 Å². The van der Waals surface area contributed by atoms with Gasteiger partial charge in [-0.3, -0.25) is 0 Å². The van der Waals surface area contributed by atoms with Crippen molar-refractivity contribution < 1.29 is 9.26 Å². The second kappa shape index (κ2) is 5.55. The maximum absolute atomic E-state index is 4.94. The number of para-hydroxylation sites is 2. The minimum Gasteiger partial charge on any atom is -0.450 e. The van der Waals surface area contributed by atoms with Gasteiger partial charge in [0.1, 0.15) is 0 Å². The van der Waals surface area contributed by atoms with Gasteiger partial charge in [-0.2, -0.15) is 0 Å². The minimum atomic E-state index is 0. The van der Waals surface area contributed by atoms with Crippen molar-refractivity contribution in [1.29, 1.82) is 0 Å². The number of rotatable bonds is 0. The van der Waals surface area contributed by atoms with E-state index in [4.69, 9.17) is 9.26 Å². The minimum absolute atomic E-state index is 0. The molecule has 0 aliphatic carbocycles. The van der Waals surface area contributed by atoms with Crippen LogP contribution in [0.5, 0.6) is 11.5 Å². The first-order valence-corrected chi connectivity index (χ1v) is 4.65. The van der Waals surface area contributed by atoms with Crippen molar-refractivity contribution in [3.63, 3.8) is 0 Å². The Bertz CT molecular complexity index is 263. The zero-order chi connectivity index (χ0) is 9.90. The molecule has 80 valence electrons. The highest BCUT2D eigenvalue weighted by atomic mass is 35.5. The molecule has 1 atom stereocenters. The molecule has 0 radical (unpaired) electrons. The summed E-state index contributed by atoms with van der Waals surface area (Å²) in [5, 5.41) is 0. The molecule has 0 fully saturated rings. The summed E-state index contributed by atoms with van der Waals surface area (Å²) in [6.45, 7) is 6.00. The molecule has 1 aromatic carbocycles. The van der Waals surface area contributed by atoms with Gasteiger partial charge in [-0.05, 0) is 32.9 Å². The molecule has 0 saturated carbocycles. The summed E-state index contributed by atoms with van der Waals surface area (Å²) in [5.74, 6) is 2.06. The normalized spacial score (nSPS) is 11.1. The zero-order valence-electron chi connectivity index (χ0n) is 8.61. The summed E-state index contributed by atoms with van der Waals surface area (Å²) in [4.78, 5) is 0. The first-order valence-electron chi connectivity index (χ1n) is 4.18. The fraction of sp³-hybridized carbons (Fsp3) is 0.400. The maximum atomic E-state index is 4.94. The monoisotopic (exact) mass is 234 g/mol. The predicted octanol–water partition coefficient (Wildman–Crippen LogP) is 3.81. The summed E-state index contributed by atoms with van der Waals surface area (Å²) in [5.41, 5.74) is 0.00463. The van der Waals surface area contributed by atoms with Crippen molar-refractivity contribution in [1.82, 2.24) is 0 Å². The Morgan fingerprint density at radius 2 is 1.50 bits per heavy atom. The highest BCUT2D eigenvalue weighted by Gasteiger charge is 2.15. The van der Waals surface area contributed by atoms with E-state index in [9.17, 15) is 0 Å². The number of halogens is 1. The lowest BCUT2D eigenvalue weighted by Gasteiger charge is -2.13. The Balaban J connectivity index is 0.000000230. The topological polar surface area (TPSA) is 21.8 Å². The molecule has 1 unspecified atom stereocenters. The van der Waals surface area contributed by atoms with Gasteiger partial charge in [0, 0.05) is 9.47 Å². The van der Waals surface area contributed by atoms with Crippen LogP contribution in [0.3, 0.4) is 0 Å². The number of hydrogen-bond acceptors (Lipinski definition) is 2. The molecule has 0 amide bonds. The molecule has 0 spiro atoms. The molecule has 1 heterocycles. The molecule has 0 saturated heterocycles. The Morgan fingerprint density at radius 3 is 1.71 bits per heavy atom. The van der Waals surface area contributed by atoms with Crippen molar-refractivity contribution in [2.24, 2.45) is 0 Å². The fourth-order valence-corrected chi connectivity index (χ4v) is 0.611. The molecule has 1 aliphatic rings. The van der Waals surface area contributed by atoms with Crippen LogP contribution >= 0.6 is 21.9 Å². The number of ether oxygens (including phenoxy) is 1. The largest absolute Gasteiger partial charge is 0.450 e. The van der Waals surface area contributed by atoms with Gasteiger partial charge >= 0.3 is 0 Å². The van der Waals surface area contributed by atoms with E-state index in [1.165, 1.54) is 0 Å². The first kappa shape index (κ1) is 13.7. The van der Waals surface area contributed by atoms with Crippen molar-refractivity contribution in [3.8, 4) is 11.5 Å². The van der Waals surface area contributed by atoms with Crippen molar-refractivity contribution in [2.45, 2.75) is 26.4 Å². The quantitative estimate of drug-likeness (QED) is 0.511. The SMILES string of the molecule is CC(C)(C)OP.Cl.c1ccc2c(c1)O2. The molecule has 1 aromatic rings. The average molecular weight is 235 g/mol. The molecule has 0 bridgehead atoms. The van der Waals surface area contributed by atoms with E-state index in [0.717, 1.165) is 11.5 Å². The van der Waals surface area contributed by atoms with Crippen molar-refractivity contribution in [2.75, 3.05) is 0 Å². The van der Waals surface area contributed by atoms with Gasteiger partial charge in [0.15, 0.2) is 11.5 Å². The molecule has 2 nitrogen and oxygen atoms in total. The molecule has 1 aliphatic heterocycles. The standard InChI is InChI=1S/C6H4O.C4H11OP.ClH/c1-2-4-6-5(3-1)7-6;1-4(2,3)5-6;/h1-4H;6H2,1-3H3;1H. The maximum Gasteiger partial charge on any atom is 0.170 e. The lowest BCUT2D eigenvalue weighted by atomic mass is 10.2. The Kier molecular flexibility index (Phi) is 5.43. The second-order valence-electron chi connectivity index (χ2n) is 3.78. The second-order valence-corrected chi connectivity index (χ2v) is 4.01. The van der Waals surface area contributed by atoms with Crippen molar-refractivity contribution in [3.05, 3.63) is 24.3 Å². The molecule has 2 rings (SSSR count). The van der Waals surface area contributed by atoms with E-state index in [1.54, 1.807) is 0 Å². The third-order valence-corrected chi connectivity index (χ3v) is 2.09. The highest BCUT2D eigenvalue weighted by molar-refractivity contribution is 7.09. The van der Waals surface area contributed by atoms with E-state index < -0.39 is 0 Å². The molecular weight excluding hydrogens is 219 g/mol. The molecule has 0 aromatic heterocycles. The highest BCUT2D eigenvalue weighted by Crippen LogP contribution is 2.43. The van der Waals surface area contributed by atoms with Gasteiger partial charge in [0.25, 0.3) is 0 Å². The van der Waals surface area contributed by atoms with Crippen molar-refractivity contribution >= 4 is 21.9 Å². The van der Waals surface area contributed by atoms with Crippen LogP contribution in [-0.2, 0) is 4.52 Å². The van der Waals surface area contributed by atoms with Gasteiger partial charge in [-0.15, -0.1) is 12.4 Å². The number of benzene rings is 1. The third-order valence-electron chi connectivity index (χ3n) is 1.38. The summed E-state index contributed by atoms with van der Waals surface area (Å²) < 4.78 is 9.79. The summed E-state index contributed by atoms with van der Waals surface area (Å²) >= 11 is 0. The van der Waals surface area contributed by atoms with E-state index in [2.05, 4.69) is 9.47 Å². The van der Waals surface area contributed by atoms with Crippen LogP contribution in [0.4, 0.5) is 0 Å². The van der Waals surface area contributed by atoms with Gasteiger partial charge in [0.05, 0.1) is 5.60 Å². The van der Waals surface area contributed by atoms with Gasteiger partial charge < -0.3 is 9.26 Å². The van der Waals surface area contributed by atoms with Crippen LogP contribution in [-0.4, -0.2) is 5.60 Å². The number of hydrogen-bond donors (Lipinski definition) is 0. The Hall–Kier alpha value is -0.300. The lowest BCUT2D eigenvalue weighted by Crippen LogP contribution is -2.12. The van der Waals surface area contributed by atoms with E-state index >= 15 is 0 Å². The van der Waals surface area contributed by atoms with Crippen LogP contribution in [0.25, 0.3) is 0 Å². The zero-order valence-corrected chi connectivity index (χ0v) is 10.6. The predicted molar refractivity (Wildman–Crippen MR) is 64.3 cm³/mol. The summed E-state index contributed by atoms with van der Waals surface area (Å²) in [6.07, 6.45) is 0. The van der Waals surface area contributed by atoms with Gasteiger partial charge in [-0.25, -0.2) is 0 Å².